The second kappa shape index (κ2) is 7.84. The van der Waals surface area contributed by atoms with Crippen molar-refractivity contribution in [3.63, 3.8) is 0 Å². The number of nitrogens with zero attached hydrogens (tertiary/aromatic N) is 1. The molecule has 1 aromatic carbocycles. The van der Waals surface area contributed by atoms with Crippen molar-refractivity contribution >= 4 is 22.4 Å². The van der Waals surface area contributed by atoms with Crippen molar-refractivity contribution < 1.29 is 14.3 Å². The quantitative estimate of drug-likeness (QED) is 0.612. The number of carbonyl (C=O) groups excluding carboxylic acids is 1. The van der Waals surface area contributed by atoms with Crippen LogP contribution < -0.4 is 10.1 Å². The average molecular weight is 385 g/mol. The Labute approximate surface area is 162 Å². The molecule has 2 N–H and O–H groups in total. The van der Waals surface area contributed by atoms with Gasteiger partial charge >= 0.3 is 5.97 Å². The van der Waals surface area contributed by atoms with E-state index in [1.807, 2.05) is 45.0 Å². The summed E-state index contributed by atoms with van der Waals surface area (Å²) in [6, 6.07) is 7.89. The van der Waals surface area contributed by atoms with E-state index in [1.165, 1.54) is 7.11 Å². The summed E-state index contributed by atoms with van der Waals surface area (Å²) in [5, 5.41) is 4.18. The van der Waals surface area contributed by atoms with Crippen molar-refractivity contribution in [2.24, 2.45) is 0 Å². The number of aryl methyl sites for hydroxylation is 2. The van der Waals surface area contributed by atoms with Crippen LogP contribution >= 0.6 is 11.3 Å². The summed E-state index contributed by atoms with van der Waals surface area (Å²) < 4.78 is 10.3. The largest absolute Gasteiger partial charge is 0.496 e. The van der Waals surface area contributed by atoms with E-state index < -0.39 is 0 Å². The minimum atomic E-state index is -0.338. The van der Waals surface area contributed by atoms with Gasteiger partial charge in [0.25, 0.3) is 0 Å². The Balaban J connectivity index is 1.86. The SMILES string of the molecule is COC(=O)c1c(C)[nH]c(-c2nc(NCc3ccccc3OC)sc2C)c1C. The van der Waals surface area contributed by atoms with Crippen molar-refractivity contribution in [1.29, 1.82) is 0 Å². The highest BCUT2D eigenvalue weighted by atomic mass is 32.1. The van der Waals surface area contributed by atoms with E-state index in [0.29, 0.717) is 12.1 Å². The minimum absolute atomic E-state index is 0.338. The first-order valence-electron chi connectivity index (χ1n) is 8.57. The highest BCUT2D eigenvalue weighted by Gasteiger charge is 2.22. The molecule has 0 aliphatic carbocycles. The van der Waals surface area contributed by atoms with Gasteiger partial charge in [0, 0.05) is 22.7 Å². The van der Waals surface area contributed by atoms with Crippen LogP contribution in [0.25, 0.3) is 11.4 Å². The molecule has 0 unspecified atom stereocenters. The molecule has 0 atom stereocenters. The predicted molar refractivity (Wildman–Crippen MR) is 108 cm³/mol. The number of thiazole rings is 1. The Morgan fingerprint density at radius 3 is 2.67 bits per heavy atom. The third-order valence-electron chi connectivity index (χ3n) is 4.48. The van der Waals surface area contributed by atoms with E-state index in [0.717, 1.165) is 44.0 Å². The molecule has 7 heteroatoms. The number of benzene rings is 1. The van der Waals surface area contributed by atoms with E-state index in [-0.39, 0.29) is 5.97 Å². The molecule has 27 heavy (non-hydrogen) atoms. The number of esters is 1. The zero-order valence-corrected chi connectivity index (χ0v) is 16.9. The molecule has 0 aliphatic heterocycles. The third-order valence-corrected chi connectivity index (χ3v) is 5.41. The van der Waals surface area contributed by atoms with Crippen LogP contribution in [-0.4, -0.2) is 30.2 Å². The van der Waals surface area contributed by atoms with Crippen LogP contribution in [0.4, 0.5) is 5.13 Å². The Bertz CT molecular complexity index is 975. The maximum atomic E-state index is 12.0. The number of rotatable bonds is 6. The summed E-state index contributed by atoms with van der Waals surface area (Å²) in [7, 11) is 3.06. The van der Waals surface area contributed by atoms with Crippen molar-refractivity contribution in [2.75, 3.05) is 19.5 Å². The number of anilines is 1. The van der Waals surface area contributed by atoms with Crippen LogP contribution in [0.15, 0.2) is 24.3 Å². The molecular formula is C20H23N3O3S. The number of aromatic amines is 1. The number of ether oxygens (including phenoxy) is 2. The lowest BCUT2D eigenvalue weighted by Gasteiger charge is -2.08. The van der Waals surface area contributed by atoms with Gasteiger partial charge in [-0.2, -0.15) is 0 Å². The molecule has 3 aromatic rings. The molecular weight excluding hydrogens is 362 g/mol. The van der Waals surface area contributed by atoms with Crippen LogP contribution in [0.1, 0.15) is 32.1 Å². The van der Waals surface area contributed by atoms with Crippen LogP contribution in [0.2, 0.25) is 0 Å². The summed E-state index contributed by atoms with van der Waals surface area (Å²) in [6.07, 6.45) is 0. The van der Waals surface area contributed by atoms with Crippen LogP contribution in [-0.2, 0) is 11.3 Å². The van der Waals surface area contributed by atoms with E-state index in [4.69, 9.17) is 14.5 Å². The zero-order chi connectivity index (χ0) is 19.6. The first-order chi connectivity index (χ1) is 13.0. The van der Waals surface area contributed by atoms with Gasteiger partial charge in [-0.05, 0) is 32.4 Å². The minimum Gasteiger partial charge on any atom is -0.496 e. The molecule has 0 fully saturated rings. The number of carbonyl (C=O) groups is 1. The van der Waals surface area contributed by atoms with Crippen molar-refractivity contribution in [2.45, 2.75) is 27.3 Å². The molecule has 0 radical (unpaired) electrons. The van der Waals surface area contributed by atoms with Gasteiger partial charge in [0.2, 0.25) is 0 Å². The molecule has 0 aliphatic rings. The average Bonchev–Trinajstić information content (AvgIpc) is 3.18. The Hall–Kier alpha value is -2.80. The molecule has 3 rings (SSSR count). The molecule has 0 saturated carbocycles. The molecule has 142 valence electrons. The van der Waals surface area contributed by atoms with Gasteiger partial charge in [-0.25, -0.2) is 9.78 Å². The number of hydrogen-bond acceptors (Lipinski definition) is 6. The maximum absolute atomic E-state index is 12.0. The molecule has 2 aromatic heterocycles. The molecule has 0 bridgehead atoms. The summed E-state index contributed by atoms with van der Waals surface area (Å²) in [5.74, 6) is 0.506. The molecule has 6 nitrogen and oxygen atoms in total. The number of nitrogens with one attached hydrogen (secondary N) is 2. The van der Waals surface area contributed by atoms with E-state index >= 15 is 0 Å². The highest BCUT2D eigenvalue weighted by molar-refractivity contribution is 7.16. The first-order valence-corrected chi connectivity index (χ1v) is 9.39. The molecule has 0 amide bonds. The molecule has 0 saturated heterocycles. The second-order valence-corrected chi connectivity index (χ2v) is 7.41. The van der Waals surface area contributed by atoms with Gasteiger partial charge in [-0.1, -0.05) is 18.2 Å². The van der Waals surface area contributed by atoms with Crippen LogP contribution in [0.5, 0.6) is 5.75 Å². The fourth-order valence-corrected chi connectivity index (χ4v) is 3.93. The van der Waals surface area contributed by atoms with Gasteiger partial charge in [-0.3, -0.25) is 0 Å². The van der Waals surface area contributed by atoms with Crippen LogP contribution in [0, 0.1) is 20.8 Å². The van der Waals surface area contributed by atoms with E-state index in [9.17, 15) is 4.79 Å². The summed E-state index contributed by atoms with van der Waals surface area (Å²) in [4.78, 5) is 21.1. The van der Waals surface area contributed by atoms with Gasteiger partial charge < -0.3 is 19.8 Å². The number of methoxy groups -OCH3 is 2. The smallest absolute Gasteiger partial charge is 0.339 e. The monoisotopic (exact) mass is 385 g/mol. The maximum Gasteiger partial charge on any atom is 0.339 e. The van der Waals surface area contributed by atoms with Gasteiger partial charge in [-0.15, -0.1) is 11.3 Å². The highest BCUT2D eigenvalue weighted by Crippen LogP contribution is 2.34. The van der Waals surface area contributed by atoms with E-state index in [2.05, 4.69) is 10.3 Å². The summed E-state index contributed by atoms with van der Waals surface area (Å²) in [5.41, 5.74) is 4.97. The number of hydrogen-bond donors (Lipinski definition) is 2. The lowest BCUT2D eigenvalue weighted by molar-refractivity contribution is 0.0599. The van der Waals surface area contributed by atoms with Crippen molar-refractivity contribution in [1.82, 2.24) is 9.97 Å². The van der Waals surface area contributed by atoms with Crippen LogP contribution in [0.3, 0.4) is 0 Å². The first kappa shape index (κ1) is 19.0. The topological polar surface area (TPSA) is 76.2 Å². The Morgan fingerprint density at radius 1 is 1.22 bits per heavy atom. The number of H-pyrrole nitrogens is 1. The molecule has 2 heterocycles. The van der Waals surface area contributed by atoms with Crippen molar-refractivity contribution in [3.05, 3.63) is 51.5 Å². The van der Waals surface area contributed by atoms with E-state index in [1.54, 1.807) is 18.4 Å². The summed E-state index contributed by atoms with van der Waals surface area (Å²) in [6.45, 7) is 6.42. The standard InChI is InChI=1S/C20H23N3O3S/c1-11-16(19(24)26-5)12(2)22-17(11)18-13(3)27-20(23-18)21-10-14-8-6-7-9-15(14)25-4/h6-9,22H,10H2,1-5H3,(H,21,23). The number of para-hydroxylation sites is 1. The van der Waals surface area contributed by atoms with Crippen molar-refractivity contribution in [3.8, 4) is 17.1 Å². The zero-order valence-electron chi connectivity index (χ0n) is 16.1. The van der Waals surface area contributed by atoms with Gasteiger partial charge in [0.05, 0.1) is 25.5 Å². The Morgan fingerprint density at radius 2 is 1.96 bits per heavy atom. The summed E-state index contributed by atoms with van der Waals surface area (Å²) >= 11 is 1.58. The fourth-order valence-electron chi connectivity index (χ4n) is 3.12. The lowest BCUT2D eigenvalue weighted by atomic mass is 10.1. The lowest BCUT2D eigenvalue weighted by Crippen LogP contribution is -2.03. The normalized spacial score (nSPS) is 10.7. The number of aromatic nitrogens is 2. The van der Waals surface area contributed by atoms with Gasteiger partial charge in [0.15, 0.2) is 5.13 Å². The Kier molecular flexibility index (Phi) is 5.51. The predicted octanol–water partition coefficient (Wildman–Crippen LogP) is 4.47. The molecule has 0 spiro atoms. The second-order valence-electron chi connectivity index (χ2n) is 6.21. The van der Waals surface area contributed by atoms with Gasteiger partial charge in [0.1, 0.15) is 11.4 Å². The fraction of sp³-hybridized carbons (Fsp3) is 0.300. The third kappa shape index (κ3) is 3.68.